The number of hydrogen-bond acceptors (Lipinski definition) is 2. The van der Waals surface area contributed by atoms with E-state index < -0.39 is 34.5 Å². The van der Waals surface area contributed by atoms with E-state index in [0.29, 0.717) is 18.9 Å². The Morgan fingerprint density at radius 1 is 1.29 bits per heavy atom. The van der Waals surface area contributed by atoms with Crippen LogP contribution in [0.1, 0.15) is 23.2 Å². The van der Waals surface area contributed by atoms with E-state index in [2.05, 4.69) is 5.32 Å². The molecule has 0 bridgehead atoms. The van der Waals surface area contributed by atoms with Crippen LogP contribution in [-0.2, 0) is 0 Å². The Morgan fingerprint density at radius 3 is 2.47 bits per heavy atom. The monoisotopic (exact) mass is 245 g/mol. The number of aliphatic hydroxyl groups excluding tert-OH is 1. The number of carbonyl (C=O) groups excluding carboxylic acids is 1. The molecule has 6 heteroatoms. The minimum Gasteiger partial charge on any atom is -0.394 e. The van der Waals surface area contributed by atoms with E-state index in [4.69, 9.17) is 5.11 Å². The molecule has 1 fully saturated rings. The molecule has 2 rings (SSSR count). The number of rotatable bonds is 3. The second kappa shape index (κ2) is 4.03. The van der Waals surface area contributed by atoms with Crippen LogP contribution in [-0.4, -0.2) is 23.2 Å². The van der Waals surface area contributed by atoms with Gasteiger partial charge in [0, 0.05) is 0 Å². The number of carbonyl (C=O) groups is 1. The van der Waals surface area contributed by atoms with Crippen molar-refractivity contribution in [2.24, 2.45) is 0 Å². The van der Waals surface area contributed by atoms with Gasteiger partial charge in [0.05, 0.1) is 17.7 Å². The SMILES string of the molecule is O=C(NC1(CO)CC1)c1ccc(F)c(F)c1F. The maximum absolute atomic E-state index is 13.3. The van der Waals surface area contributed by atoms with Crippen LogP contribution < -0.4 is 5.32 Å². The van der Waals surface area contributed by atoms with Crippen LogP contribution in [0.4, 0.5) is 13.2 Å². The number of hydrogen-bond donors (Lipinski definition) is 2. The Bertz CT molecular complexity index is 472. The van der Waals surface area contributed by atoms with E-state index in [1.807, 2.05) is 0 Å². The molecule has 1 aromatic rings. The third-order valence-electron chi connectivity index (χ3n) is 2.81. The van der Waals surface area contributed by atoms with Gasteiger partial charge in [-0.05, 0) is 25.0 Å². The van der Waals surface area contributed by atoms with Gasteiger partial charge in [-0.2, -0.15) is 0 Å². The average molecular weight is 245 g/mol. The van der Waals surface area contributed by atoms with Crippen LogP contribution in [0.5, 0.6) is 0 Å². The lowest BCUT2D eigenvalue weighted by atomic mass is 10.1. The maximum Gasteiger partial charge on any atom is 0.254 e. The van der Waals surface area contributed by atoms with E-state index in [-0.39, 0.29) is 6.61 Å². The molecule has 0 aliphatic heterocycles. The minimum absolute atomic E-state index is 0.260. The summed E-state index contributed by atoms with van der Waals surface area (Å²) in [6, 6.07) is 1.56. The first-order valence-corrected chi connectivity index (χ1v) is 5.06. The summed E-state index contributed by atoms with van der Waals surface area (Å²) in [4.78, 5) is 11.6. The second-order valence-electron chi connectivity index (χ2n) is 4.12. The van der Waals surface area contributed by atoms with E-state index in [1.54, 1.807) is 0 Å². The first-order chi connectivity index (χ1) is 7.99. The molecule has 0 unspecified atom stereocenters. The fraction of sp³-hybridized carbons (Fsp3) is 0.364. The predicted molar refractivity (Wildman–Crippen MR) is 52.8 cm³/mol. The fourth-order valence-electron chi connectivity index (χ4n) is 1.48. The number of nitrogens with one attached hydrogen (secondary N) is 1. The van der Waals surface area contributed by atoms with Gasteiger partial charge in [0.2, 0.25) is 0 Å². The Labute approximate surface area is 95.3 Å². The Kier molecular flexibility index (Phi) is 2.82. The van der Waals surface area contributed by atoms with E-state index >= 15 is 0 Å². The van der Waals surface area contributed by atoms with Crippen molar-refractivity contribution in [2.75, 3.05) is 6.61 Å². The van der Waals surface area contributed by atoms with Gasteiger partial charge in [0.25, 0.3) is 5.91 Å². The molecular formula is C11H10F3NO2. The summed E-state index contributed by atoms with van der Waals surface area (Å²) >= 11 is 0. The highest BCUT2D eigenvalue weighted by Gasteiger charge is 2.43. The number of amides is 1. The first kappa shape index (κ1) is 11.9. The smallest absolute Gasteiger partial charge is 0.254 e. The molecule has 1 aliphatic carbocycles. The van der Waals surface area contributed by atoms with Gasteiger partial charge in [-0.25, -0.2) is 13.2 Å². The molecule has 0 radical (unpaired) electrons. The minimum atomic E-state index is -1.67. The van der Waals surface area contributed by atoms with Crippen LogP contribution in [0.15, 0.2) is 12.1 Å². The van der Waals surface area contributed by atoms with E-state index in [9.17, 15) is 18.0 Å². The summed E-state index contributed by atoms with van der Waals surface area (Å²) in [5.74, 6) is -5.39. The molecule has 0 heterocycles. The molecule has 17 heavy (non-hydrogen) atoms. The molecule has 0 aromatic heterocycles. The van der Waals surface area contributed by atoms with Crippen LogP contribution in [0.3, 0.4) is 0 Å². The predicted octanol–water partition coefficient (Wildman–Crippen LogP) is 1.36. The summed E-state index contributed by atoms with van der Waals surface area (Å²) in [6.07, 6.45) is 1.17. The van der Waals surface area contributed by atoms with Crippen molar-refractivity contribution in [2.45, 2.75) is 18.4 Å². The van der Waals surface area contributed by atoms with Crippen LogP contribution in [0, 0.1) is 17.5 Å². The zero-order chi connectivity index (χ0) is 12.6. The Balaban J connectivity index is 2.23. The highest BCUT2D eigenvalue weighted by Crippen LogP contribution is 2.35. The van der Waals surface area contributed by atoms with Gasteiger partial charge in [-0.1, -0.05) is 0 Å². The standard InChI is InChI=1S/C11H10F3NO2/c12-7-2-1-6(8(13)9(7)14)10(17)15-11(5-16)3-4-11/h1-2,16H,3-5H2,(H,15,17). The summed E-state index contributed by atoms with van der Waals surface area (Å²) in [5.41, 5.74) is -1.29. The summed E-state index contributed by atoms with van der Waals surface area (Å²) in [5, 5.41) is 11.4. The van der Waals surface area contributed by atoms with Gasteiger partial charge in [-0.3, -0.25) is 4.79 Å². The summed E-state index contributed by atoms with van der Waals surface area (Å²) in [6.45, 7) is -0.260. The lowest BCUT2D eigenvalue weighted by Gasteiger charge is -2.14. The van der Waals surface area contributed by atoms with Crippen LogP contribution >= 0.6 is 0 Å². The van der Waals surface area contributed by atoms with Crippen molar-refractivity contribution < 1.29 is 23.1 Å². The van der Waals surface area contributed by atoms with Gasteiger partial charge >= 0.3 is 0 Å². The third kappa shape index (κ3) is 2.12. The number of aliphatic hydroxyl groups is 1. The molecule has 1 aromatic carbocycles. The van der Waals surface area contributed by atoms with Crippen molar-refractivity contribution in [3.05, 3.63) is 35.1 Å². The number of benzene rings is 1. The quantitative estimate of drug-likeness (QED) is 0.790. The van der Waals surface area contributed by atoms with Gasteiger partial charge in [-0.15, -0.1) is 0 Å². The molecule has 1 saturated carbocycles. The topological polar surface area (TPSA) is 49.3 Å². The maximum atomic E-state index is 13.3. The third-order valence-corrected chi connectivity index (χ3v) is 2.81. The summed E-state index contributed by atoms with van der Waals surface area (Å²) < 4.78 is 38.8. The van der Waals surface area contributed by atoms with Crippen LogP contribution in [0.25, 0.3) is 0 Å². The summed E-state index contributed by atoms with van der Waals surface area (Å²) in [7, 11) is 0. The van der Waals surface area contributed by atoms with Crippen molar-refractivity contribution in [1.29, 1.82) is 0 Å². The zero-order valence-corrected chi connectivity index (χ0v) is 8.77. The molecule has 1 amide bonds. The molecule has 1 aliphatic rings. The van der Waals surface area contributed by atoms with Gasteiger partial charge in [0.15, 0.2) is 17.5 Å². The average Bonchev–Trinajstić information content (AvgIpc) is 3.06. The Morgan fingerprint density at radius 2 is 1.94 bits per heavy atom. The molecular weight excluding hydrogens is 235 g/mol. The molecule has 3 nitrogen and oxygen atoms in total. The molecule has 92 valence electrons. The fourth-order valence-corrected chi connectivity index (χ4v) is 1.48. The van der Waals surface area contributed by atoms with E-state index in [0.717, 1.165) is 6.07 Å². The zero-order valence-electron chi connectivity index (χ0n) is 8.77. The van der Waals surface area contributed by atoms with Crippen molar-refractivity contribution >= 4 is 5.91 Å². The van der Waals surface area contributed by atoms with Gasteiger partial charge < -0.3 is 10.4 Å². The second-order valence-corrected chi connectivity index (χ2v) is 4.12. The normalized spacial score (nSPS) is 16.7. The first-order valence-electron chi connectivity index (χ1n) is 5.06. The molecule has 2 N–H and O–H groups in total. The Hall–Kier alpha value is -1.56. The van der Waals surface area contributed by atoms with Gasteiger partial charge in [0.1, 0.15) is 0 Å². The van der Waals surface area contributed by atoms with Crippen molar-refractivity contribution in [3.63, 3.8) is 0 Å². The van der Waals surface area contributed by atoms with Crippen molar-refractivity contribution in [3.8, 4) is 0 Å². The highest BCUT2D eigenvalue weighted by atomic mass is 19.2. The van der Waals surface area contributed by atoms with Crippen LogP contribution in [0.2, 0.25) is 0 Å². The number of halogens is 3. The largest absolute Gasteiger partial charge is 0.394 e. The lowest BCUT2D eigenvalue weighted by Crippen LogP contribution is -2.40. The molecule has 0 spiro atoms. The van der Waals surface area contributed by atoms with E-state index in [1.165, 1.54) is 0 Å². The highest BCUT2D eigenvalue weighted by molar-refractivity contribution is 5.95. The van der Waals surface area contributed by atoms with Crippen molar-refractivity contribution in [1.82, 2.24) is 5.32 Å². The lowest BCUT2D eigenvalue weighted by molar-refractivity contribution is 0.0901. The molecule has 0 saturated heterocycles. The molecule has 0 atom stereocenters.